The second-order valence-corrected chi connectivity index (χ2v) is 4.04. The van der Waals surface area contributed by atoms with Crippen LogP contribution in [0.2, 0.25) is 0 Å². The fraction of sp³-hybridized carbons (Fsp3) is 0.909. The smallest absolute Gasteiger partial charge is 0.221 e. The Balaban J connectivity index is 2.04. The van der Waals surface area contributed by atoms with E-state index in [1.165, 1.54) is 0 Å². The van der Waals surface area contributed by atoms with Crippen LogP contribution in [0.3, 0.4) is 0 Å². The SMILES string of the molecule is CNC(=O)CCN(C)CCC1OCCCO1. The number of carbonyl (C=O) groups excluding carboxylic acids is 1. The van der Waals surface area contributed by atoms with Gasteiger partial charge < -0.3 is 19.7 Å². The monoisotopic (exact) mass is 230 g/mol. The van der Waals surface area contributed by atoms with Crippen LogP contribution in [0, 0.1) is 0 Å². The molecular formula is C11H22N2O3. The summed E-state index contributed by atoms with van der Waals surface area (Å²) in [6.07, 6.45) is 2.34. The largest absolute Gasteiger partial charge is 0.359 e. The molecule has 0 bridgehead atoms. The highest BCUT2D eigenvalue weighted by Crippen LogP contribution is 2.08. The third kappa shape index (κ3) is 5.44. The average molecular weight is 230 g/mol. The maximum Gasteiger partial charge on any atom is 0.221 e. The normalized spacial score (nSPS) is 17.7. The molecule has 1 aliphatic rings. The van der Waals surface area contributed by atoms with Gasteiger partial charge >= 0.3 is 0 Å². The zero-order chi connectivity index (χ0) is 11.8. The van der Waals surface area contributed by atoms with E-state index in [9.17, 15) is 4.79 Å². The summed E-state index contributed by atoms with van der Waals surface area (Å²) < 4.78 is 10.9. The fourth-order valence-electron chi connectivity index (χ4n) is 1.56. The Bertz CT molecular complexity index is 205. The second-order valence-electron chi connectivity index (χ2n) is 4.04. The van der Waals surface area contributed by atoms with E-state index in [0.29, 0.717) is 6.42 Å². The molecule has 16 heavy (non-hydrogen) atoms. The molecular weight excluding hydrogens is 208 g/mol. The first-order valence-electron chi connectivity index (χ1n) is 5.84. The van der Waals surface area contributed by atoms with E-state index >= 15 is 0 Å². The minimum atomic E-state index is -0.0591. The quantitative estimate of drug-likeness (QED) is 0.708. The van der Waals surface area contributed by atoms with Crippen molar-refractivity contribution in [3.05, 3.63) is 0 Å². The fourth-order valence-corrected chi connectivity index (χ4v) is 1.56. The molecule has 1 aliphatic heterocycles. The highest BCUT2D eigenvalue weighted by Gasteiger charge is 2.14. The Hall–Kier alpha value is -0.650. The molecule has 0 saturated carbocycles. The molecule has 0 aromatic heterocycles. The molecule has 1 saturated heterocycles. The molecule has 0 aromatic rings. The van der Waals surface area contributed by atoms with Gasteiger partial charge in [-0.2, -0.15) is 0 Å². The standard InChI is InChI=1S/C11H22N2O3/c1-12-10(14)4-6-13(2)7-5-11-15-8-3-9-16-11/h11H,3-9H2,1-2H3,(H,12,14). The van der Waals surface area contributed by atoms with E-state index in [0.717, 1.165) is 39.1 Å². The van der Waals surface area contributed by atoms with Crippen molar-refractivity contribution in [1.29, 1.82) is 0 Å². The van der Waals surface area contributed by atoms with Gasteiger partial charge in [-0.05, 0) is 13.5 Å². The lowest BCUT2D eigenvalue weighted by Gasteiger charge is -2.25. The Morgan fingerprint density at radius 2 is 2.06 bits per heavy atom. The molecule has 1 N–H and O–H groups in total. The summed E-state index contributed by atoms with van der Waals surface area (Å²) in [5.74, 6) is 0.0806. The van der Waals surface area contributed by atoms with E-state index in [1.807, 2.05) is 7.05 Å². The van der Waals surface area contributed by atoms with Gasteiger partial charge in [0.2, 0.25) is 5.91 Å². The van der Waals surface area contributed by atoms with Crippen LogP contribution in [-0.4, -0.2) is 57.5 Å². The third-order valence-corrected chi connectivity index (χ3v) is 2.64. The topological polar surface area (TPSA) is 50.8 Å². The van der Waals surface area contributed by atoms with Crippen LogP contribution in [0.1, 0.15) is 19.3 Å². The number of hydrogen-bond donors (Lipinski definition) is 1. The summed E-state index contributed by atoms with van der Waals surface area (Å²) in [4.78, 5) is 13.2. The van der Waals surface area contributed by atoms with Gasteiger partial charge in [-0.1, -0.05) is 0 Å². The van der Waals surface area contributed by atoms with Crippen molar-refractivity contribution in [3.63, 3.8) is 0 Å². The lowest BCUT2D eigenvalue weighted by Crippen LogP contribution is -2.32. The molecule has 5 heteroatoms. The molecule has 0 spiro atoms. The first-order valence-corrected chi connectivity index (χ1v) is 5.84. The molecule has 0 atom stereocenters. The number of nitrogens with one attached hydrogen (secondary N) is 1. The van der Waals surface area contributed by atoms with Gasteiger partial charge in [-0.25, -0.2) is 0 Å². The van der Waals surface area contributed by atoms with Crippen molar-refractivity contribution >= 4 is 5.91 Å². The first kappa shape index (κ1) is 13.4. The molecule has 0 unspecified atom stereocenters. The van der Waals surface area contributed by atoms with Crippen LogP contribution in [0.5, 0.6) is 0 Å². The maximum absolute atomic E-state index is 11.0. The van der Waals surface area contributed by atoms with Gasteiger partial charge in [-0.15, -0.1) is 0 Å². The number of rotatable bonds is 6. The predicted molar refractivity (Wildman–Crippen MR) is 61.1 cm³/mol. The maximum atomic E-state index is 11.0. The van der Waals surface area contributed by atoms with Crippen molar-refractivity contribution in [2.45, 2.75) is 25.6 Å². The minimum absolute atomic E-state index is 0.0591. The van der Waals surface area contributed by atoms with Crippen molar-refractivity contribution < 1.29 is 14.3 Å². The number of hydrogen-bond acceptors (Lipinski definition) is 4. The van der Waals surface area contributed by atoms with Crippen LogP contribution in [0.25, 0.3) is 0 Å². The van der Waals surface area contributed by atoms with Crippen LogP contribution >= 0.6 is 0 Å². The van der Waals surface area contributed by atoms with E-state index in [-0.39, 0.29) is 12.2 Å². The van der Waals surface area contributed by atoms with Gasteiger partial charge in [0.15, 0.2) is 6.29 Å². The van der Waals surface area contributed by atoms with Crippen LogP contribution in [0.15, 0.2) is 0 Å². The summed E-state index contributed by atoms with van der Waals surface area (Å²) >= 11 is 0. The molecule has 0 aliphatic carbocycles. The molecule has 94 valence electrons. The molecule has 1 amide bonds. The van der Waals surface area contributed by atoms with Crippen molar-refractivity contribution in [2.24, 2.45) is 0 Å². The lowest BCUT2D eigenvalue weighted by molar-refractivity contribution is -0.182. The second kappa shape index (κ2) is 7.60. The summed E-state index contributed by atoms with van der Waals surface area (Å²) in [6.45, 7) is 3.26. The molecule has 0 radical (unpaired) electrons. The summed E-state index contributed by atoms with van der Waals surface area (Å²) in [5, 5.41) is 2.61. The van der Waals surface area contributed by atoms with E-state index in [1.54, 1.807) is 7.05 Å². The van der Waals surface area contributed by atoms with Crippen LogP contribution in [0.4, 0.5) is 0 Å². The first-order chi connectivity index (χ1) is 7.72. The Kier molecular flexibility index (Phi) is 6.37. The highest BCUT2D eigenvalue weighted by atomic mass is 16.7. The number of ether oxygens (including phenoxy) is 2. The van der Waals surface area contributed by atoms with E-state index in [2.05, 4.69) is 10.2 Å². The van der Waals surface area contributed by atoms with Gasteiger partial charge in [0.05, 0.1) is 13.2 Å². The Morgan fingerprint density at radius 3 is 2.69 bits per heavy atom. The molecule has 5 nitrogen and oxygen atoms in total. The molecule has 0 aromatic carbocycles. The van der Waals surface area contributed by atoms with E-state index < -0.39 is 0 Å². The summed E-state index contributed by atoms with van der Waals surface area (Å²) in [6, 6.07) is 0. The Labute approximate surface area is 97.1 Å². The van der Waals surface area contributed by atoms with Gasteiger partial charge in [0.25, 0.3) is 0 Å². The molecule has 1 fully saturated rings. The lowest BCUT2D eigenvalue weighted by atomic mass is 10.3. The zero-order valence-electron chi connectivity index (χ0n) is 10.2. The average Bonchev–Trinajstić information content (AvgIpc) is 2.34. The van der Waals surface area contributed by atoms with Gasteiger partial charge in [0, 0.05) is 33.0 Å². The minimum Gasteiger partial charge on any atom is -0.359 e. The van der Waals surface area contributed by atoms with Crippen LogP contribution in [-0.2, 0) is 14.3 Å². The zero-order valence-corrected chi connectivity index (χ0v) is 10.2. The predicted octanol–water partition coefficient (Wildman–Crippen LogP) is 0.207. The third-order valence-electron chi connectivity index (χ3n) is 2.64. The molecule has 1 heterocycles. The number of amides is 1. The van der Waals surface area contributed by atoms with E-state index in [4.69, 9.17) is 9.47 Å². The van der Waals surface area contributed by atoms with Gasteiger partial charge in [-0.3, -0.25) is 4.79 Å². The number of nitrogens with zero attached hydrogens (tertiary/aromatic N) is 1. The van der Waals surface area contributed by atoms with Crippen molar-refractivity contribution in [2.75, 3.05) is 40.4 Å². The Morgan fingerprint density at radius 1 is 1.38 bits per heavy atom. The summed E-state index contributed by atoms with van der Waals surface area (Å²) in [7, 11) is 3.66. The van der Waals surface area contributed by atoms with Crippen molar-refractivity contribution in [3.8, 4) is 0 Å². The van der Waals surface area contributed by atoms with Crippen molar-refractivity contribution in [1.82, 2.24) is 10.2 Å². The van der Waals surface area contributed by atoms with Gasteiger partial charge in [0.1, 0.15) is 0 Å². The molecule has 1 rings (SSSR count). The van der Waals surface area contributed by atoms with Crippen LogP contribution < -0.4 is 5.32 Å². The highest BCUT2D eigenvalue weighted by molar-refractivity contribution is 5.75. The number of carbonyl (C=O) groups is 1. The summed E-state index contributed by atoms with van der Waals surface area (Å²) in [5.41, 5.74) is 0.